The highest BCUT2D eigenvalue weighted by Gasteiger charge is 2.37. The molecule has 0 aliphatic carbocycles. The van der Waals surface area contributed by atoms with Crippen LogP contribution in [-0.4, -0.2) is 54.9 Å². The highest BCUT2D eigenvalue weighted by Crippen LogP contribution is 2.42. The number of benzene rings is 1. The number of aromatic nitrogens is 4. The number of fused-ring (bicyclic) bond motifs is 1. The molecule has 3 rings (SSSR count). The number of alkyl halides is 3. The largest absolute Gasteiger partial charge is 0.573 e. The molecule has 5 N–H and O–H groups in total. The summed E-state index contributed by atoms with van der Waals surface area (Å²) in [6.45, 7) is 6.33. The third-order valence-electron chi connectivity index (χ3n) is 5.43. The first-order chi connectivity index (χ1) is 17.6. The number of anilines is 1. The van der Waals surface area contributed by atoms with Gasteiger partial charge in [0.05, 0.1) is 19.0 Å². The van der Waals surface area contributed by atoms with Gasteiger partial charge in [0, 0.05) is 6.04 Å². The minimum absolute atomic E-state index is 0.225. The van der Waals surface area contributed by atoms with Crippen LogP contribution in [0.25, 0.3) is 11.2 Å². The van der Waals surface area contributed by atoms with Crippen molar-refractivity contribution in [1.82, 2.24) is 29.7 Å². The molecule has 0 bridgehead atoms. The molecule has 3 aromatic rings. The maximum absolute atomic E-state index is 13.9. The topological polar surface area (TPSA) is 167 Å². The maximum Gasteiger partial charge on any atom is 0.573 e. The third kappa shape index (κ3) is 7.63. The zero-order valence-corrected chi connectivity index (χ0v) is 22.0. The molecule has 0 aliphatic rings. The van der Waals surface area contributed by atoms with Crippen LogP contribution in [-0.2, 0) is 20.6 Å². The average molecular weight is 559 g/mol. The Hall–Kier alpha value is -3.26. The number of carboxylic acids is 1. The fraction of sp³-hybridized carbons (Fsp3) is 0.455. The summed E-state index contributed by atoms with van der Waals surface area (Å²) in [5, 5.41) is 15.1. The van der Waals surface area contributed by atoms with Gasteiger partial charge in [0.25, 0.3) is 0 Å². The number of nitrogens with two attached hydrogens (primary N) is 1. The van der Waals surface area contributed by atoms with E-state index in [-0.39, 0.29) is 12.4 Å². The van der Waals surface area contributed by atoms with E-state index in [1.165, 1.54) is 38.6 Å². The number of rotatable bonds is 12. The normalized spacial score (nSPS) is 15.7. The fourth-order valence-electron chi connectivity index (χ4n) is 3.54. The van der Waals surface area contributed by atoms with Gasteiger partial charge in [-0.05, 0) is 45.4 Å². The van der Waals surface area contributed by atoms with Crippen molar-refractivity contribution < 1.29 is 37.1 Å². The first-order valence-corrected chi connectivity index (χ1v) is 13.3. The van der Waals surface area contributed by atoms with Crippen molar-refractivity contribution in [3.63, 3.8) is 0 Å². The Morgan fingerprint density at radius 3 is 2.45 bits per heavy atom. The molecule has 1 aromatic carbocycles. The quantitative estimate of drug-likeness (QED) is 0.239. The summed E-state index contributed by atoms with van der Waals surface area (Å²) in [6, 6.07) is 4.36. The minimum Gasteiger partial charge on any atom is -0.480 e. The molecule has 16 heteroatoms. The Morgan fingerprint density at radius 2 is 1.84 bits per heavy atom. The van der Waals surface area contributed by atoms with Crippen molar-refractivity contribution >= 4 is 30.4 Å². The van der Waals surface area contributed by atoms with E-state index >= 15 is 0 Å². The minimum atomic E-state index is -4.83. The molecule has 12 nitrogen and oxygen atoms in total. The van der Waals surface area contributed by atoms with E-state index < -0.39 is 49.6 Å². The van der Waals surface area contributed by atoms with Crippen molar-refractivity contribution in [2.45, 2.75) is 58.3 Å². The van der Waals surface area contributed by atoms with Gasteiger partial charge in [0.15, 0.2) is 11.5 Å². The van der Waals surface area contributed by atoms with E-state index in [0.29, 0.717) is 16.7 Å². The second kappa shape index (κ2) is 11.2. The highest BCUT2D eigenvalue weighted by molar-refractivity contribution is 7.59. The lowest BCUT2D eigenvalue weighted by Gasteiger charge is -2.32. The lowest BCUT2D eigenvalue weighted by atomic mass is 10.1. The number of halogens is 3. The number of imidazole rings is 1. The molecule has 3 atom stereocenters. The van der Waals surface area contributed by atoms with Crippen LogP contribution in [0.3, 0.4) is 0 Å². The van der Waals surface area contributed by atoms with Crippen LogP contribution in [0.4, 0.5) is 19.0 Å². The molecule has 2 aromatic heterocycles. The monoisotopic (exact) mass is 559 g/mol. The van der Waals surface area contributed by atoms with Gasteiger partial charge in [-0.15, -0.1) is 13.2 Å². The van der Waals surface area contributed by atoms with E-state index in [1.54, 1.807) is 18.4 Å². The number of nitrogens with zero attached hydrogens (tertiary/aromatic N) is 4. The number of carboxylic acid groups (broad SMARTS) is 1. The van der Waals surface area contributed by atoms with Gasteiger partial charge in [0.1, 0.15) is 29.5 Å². The molecule has 0 spiro atoms. The van der Waals surface area contributed by atoms with E-state index in [1.807, 2.05) is 0 Å². The molecule has 0 aliphatic heterocycles. The van der Waals surface area contributed by atoms with Gasteiger partial charge < -0.3 is 24.9 Å². The summed E-state index contributed by atoms with van der Waals surface area (Å²) >= 11 is 0. The second-order valence-corrected chi connectivity index (χ2v) is 11.4. The smallest absolute Gasteiger partial charge is 0.480 e. The zero-order chi connectivity index (χ0) is 28.3. The SMILES string of the molecule is C[C@H](Cn1cnc2c(N)ncnc21)OC[P@](=O)(N[C@H](C)c1ccc(OC(F)(F)F)cc1)NC(C)(C)C(=O)O. The van der Waals surface area contributed by atoms with Crippen molar-refractivity contribution in [2.24, 2.45) is 0 Å². The van der Waals surface area contributed by atoms with Crippen LogP contribution in [0.15, 0.2) is 36.9 Å². The molecule has 0 unspecified atom stereocenters. The van der Waals surface area contributed by atoms with Crippen LogP contribution < -0.4 is 20.6 Å². The number of ether oxygens (including phenoxy) is 2. The summed E-state index contributed by atoms with van der Waals surface area (Å²) in [6.07, 6.45) is -2.91. The predicted molar refractivity (Wildman–Crippen MR) is 132 cm³/mol. The van der Waals surface area contributed by atoms with Crippen molar-refractivity contribution in [3.8, 4) is 5.75 Å². The summed E-state index contributed by atoms with van der Waals surface area (Å²) < 4.78 is 62.7. The fourth-order valence-corrected chi connectivity index (χ4v) is 5.98. The lowest BCUT2D eigenvalue weighted by Crippen LogP contribution is -2.47. The van der Waals surface area contributed by atoms with Crippen molar-refractivity contribution in [2.75, 3.05) is 12.1 Å². The highest BCUT2D eigenvalue weighted by atomic mass is 31.2. The molecule has 0 amide bonds. The Morgan fingerprint density at radius 1 is 1.18 bits per heavy atom. The van der Waals surface area contributed by atoms with Crippen LogP contribution in [0.5, 0.6) is 5.75 Å². The Bertz CT molecular complexity index is 1320. The van der Waals surface area contributed by atoms with Crippen molar-refractivity contribution in [1.29, 1.82) is 0 Å². The molecule has 38 heavy (non-hydrogen) atoms. The number of nitrogens with one attached hydrogen (secondary N) is 2. The van der Waals surface area contributed by atoms with E-state index in [2.05, 4.69) is 29.9 Å². The Kier molecular flexibility index (Phi) is 8.66. The van der Waals surface area contributed by atoms with Gasteiger partial charge in [-0.25, -0.2) is 25.1 Å². The standard InChI is InChI=1S/C22H29F3N7O5P/c1-13(9-32-11-29-17-18(26)27-10-28-19(17)32)36-12-38(35,31-21(3,4)20(33)34)30-14(2)15-5-7-16(8-6-15)37-22(23,24)25/h5-8,10-11,13-14H,9,12H2,1-4H3,(H,33,34)(H2,26,27,28)(H2,30,31,35)/t13-,14-,38+/m1/s1. The van der Waals surface area contributed by atoms with Gasteiger partial charge >= 0.3 is 12.3 Å². The number of hydrogen-bond donors (Lipinski definition) is 4. The first-order valence-electron chi connectivity index (χ1n) is 11.4. The van der Waals surface area contributed by atoms with Crippen molar-refractivity contribution in [3.05, 3.63) is 42.5 Å². The number of hydrogen-bond acceptors (Lipinski definition) is 8. The van der Waals surface area contributed by atoms with Crippen LogP contribution in [0.2, 0.25) is 0 Å². The molecule has 0 fully saturated rings. The molecule has 2 heterocycles. The second-order valence-electron chi connectivity index (χ2n) is 9.18. The molecule has 0 radical (unpaired) electrons. The average Bonchev–Trinajstić information content (AvgIpc) is 3.20. The van der Waals surface area contributed by atoms with Crippen LogP contribution in [0, 0.1) is 0 Å². The summed E-state index contributed by atoms with van der Waals surface area (Å²) in [5.74, 6) is -1.42. The van der Waals surface area contributed by atoms with E-state index in [9.17, 15) is 27.6 Å². The molecular weight excluding hydrogens is 530 g/mol. The summed E-state index contributed by atoms with van der Waals surface area (Å²) in [5.41, 5.74) is 5.63. The lowest BCUT2D eigenvalue weighted by molar-refractivity contribution is -0.274. The summed E-state index contributed by atoms with van der Waals surface area (Å²) in [4.78, 5) is 24.0. The van der Waals surface area contributed by atoms with E-state index in [4.69, 9.17) is 10.5 Å². The number of nitrogen functional groups attached to an aromatic ring is 1. The first kappa shape index (κ1) is 29.3. The molecular formula is C22H29F3N7O5P. The van der Waals surface area contributed by atoms with Crippen LogP contribution in [0.1, 0.15) is 39.3 Å². The molecule has 0 saturated heterocycles. The van der Waals surface area contributed by atoms with Crippen LogP contribution >= 0.6 is 7.44 Å². The zero-order valence-electron chi connectivity index (χ0n) is 21.1. The van der Waals surface area contributed by atoms with Gasteiger partial charge in [-0.1, -0.05) is 12.1 Å². The number of carbonyl (C=O) groups is 1. The third-order valence-corrected chi connectivity index (χ3v) is 7.67. The van der Waals surface area contributed by atoms with Gasteiger partial charge in [-0.2, -0.15) is 0 Å². The predicted octanol–water partition coefficient (Wildman–Crippen LogP) is 3.67. The number of aliphatic carboxylic acids is 1. The van der Waals surface area contributed by atoms with Gasteiger partial charge in [-0.3, -0.25) is 9.36 Å². The Balaban J connectivity index is 1.73. The molecule has 208 valence electrons. The Labute approximate surface area is 216 Å². The van der Waals surface area contributed by atoms with Gasteiger partial charge in [0.2, 0.25) is 7.44 Å². The molecule has 0 saturated carbocycles. The summed E-state index contributed by atoms with van der Waals surface area (Å²) in [7, 11) is -3.75. The maximum atomic E-state index is 13.9. The van der Waals surface area contributed by atoms with E-state index in [0.717, 1.165) is 12.1 Å².